The van der Waals surface area contributed by atoms with Crippen LogP contribution in [-0.4, -0.2) is 32.4 Å². The molecule has 0 bridgehead atoms. The lowest BCUT2D eigenvalue weighted by Gasteiger charge is -2.36. The van der Waals surface area contributed by atoms with Crippen LogP contribution in [0, 0.1) is 18.6 Å². The van der Waals surface area contributed by atoms with E-state index in [1.165, 1.54) is 28.0 Å². The summed E-state index contributed by atoms with van der Waals surface area (Å²) in [4.78, 5) is 16.1. The van der Waals surface area contributed by atoms with Crippen LogP contribution in [-0.2, 0) is 16.6 Å². The lowest BCUT2D eigenvalue weighted by Crippen LogP contribution is -2.49. The molecular weight excluding hydrogens is 484 g/mol. The van der Waals surface area contributed by atoms with Crippen molar-refractivity contribution in [3.63, 3.8) is 0 Å². The van der Waals surface area contributed by atoms with Crippen LogP contribution in [0.1, 0.15) is 17.5 Å². The molecule has 2 amide bonds. The first-order valence-corrected chi connectivity index (χ1v) is 12.4. The van der Waals surface area contributed by atoms with E-state index in [1.54, 1.807) is 31.2 Å². The van der Waals surface area contributed by atoms with Gasteiger partial charge in [0.05, 0.1) is 22.8 Å². The Bertz CT molecular complexity index is 1350. The van der Waals surface area contributed by atoms with Crippen molar-refractivity contribution in [1.82, 2.24) is 4.90 Å². The number of amides is 2. The summed E-state index contributed by atoms with van der Waals surface area (Å²) in [5.41, 5.74) is 1.45. The number of hydrogen-bond donors (Lipinski definition) is 1. The molecule has 0 aliphatic carbocycles. The molecular formula is C24H22ClF2N3O3S. The van der Waals surface area contributed by atoms with E-state index in [9.17, 15) is 22.0 Å². The average Bonchev–Trinajstić information content (AvgIpc) is 2.78. The maximum Gasteiger partial charge on any atom is 0.324 e. The molecule has 34 heavy (non-hydrogen) atoms. The quantitative estimate of drug-likeness (QED) is 0.477. The Balaban J connectivity index is 1.64. The summed E-state index contributed by atoms with van der Waals surface area (Å²) in [7, 11) is -3.98. The van der Waals surface area contributed by atoms with Gasteiger partial charge in [-0.3, -0.25) is 9.62 Å². The summed E-state index contributed by atoms with van der Waals surface area (Å²) in [6.07, 6.45) is 0.567. The third kappa shape index (κ3) is 5.15. The Kier molecular flexibility index (Phi) is 6.77. The SMILES string of the molecule is Cc1ccc(N2CCCN(Cc3cc(F)ccc3F)C2=O)c(NS(=O)(=O)c2cccc(Cl)c2)c1. The second-order valence-corrected chi connectivity index (χ2v) is 10.1. The summed E-state index contributed by atoms with van der Waals surface area (Å²) in [6, 6.07) is 13.6. The van der Waals surface area contributed by atoms with E-state index in [0.717, 1.165) is 23.8 Å². The first kappa shape index (κ1) is 24.0. The molecule has 0 saturated carbocycles. The number of rotatable bonds is 6. The minimum absolute atomic E-state index is 0.0133. The highest BCUT2D eigenvalue weighted by Crippen LogP contribution is 2.32. The van der Waals surface area contributed by atoms with E-state index in [4.69, 9.17) is 11.6 Å². The molecule has 3 aromatic carbocycles. The number of halogens is 3. The average molecular weight is 506 g/mol. The first-order valence-electron chi connectivity index (χ1n) is 10.5. The number of carbonyl (C=O) groups excluding carboxylic acids is 1. The van der Waals surface area contributed by atoms with Gasteiger partial charge in [-0.05, 0) is 67.4 Å². The van der Waals surface area contributed by atoms with Crippen LogP contribution >= 0.6 is 11.6 Å². The van der Waals surface area contributed by atoms with Crippen LogP contribution in [0.15, 0.2) is 65.6 Å². The molecule has 178 valence electrons. The summed E-state index contributed by atoms with van der Waals surface area (Å²) in [6.45, 7) is 2.41. The van der Waals surface area contributed by atoms with E-state index in [1.807, 2.05) is 0 Å². The van der Waals surface area contributed by atoms with Gasteiger partial charge in [-0.15, -0.1) is 0 Å². The van der Waals surface area contributed by atoms with E-state index < -0.39 is 27.7 Å². The highest BCUT2D eigenvalue weighted by atomic mass is 35.5. The molecule has 10 heteroatoms. The Morgan fingerprint density at radius 3 is 2.59 bits per heavy atom. The number of aryl methyl sites for hydroxylation is 1. The number of hydrogen-bond acceptors (Lipinski definition) is 3. The van der Waals surface area contributed by atoms with Gasteiger partial charge in [0.2, 0.25) is 0 Å². The smallest absolute Gasteiger partial charge is 0.320 e. The Morgan fingerprint density at radius 2 is 1.82 bits per heavy atom. The predicted molar refractivity (Wildman–Crippen MR) is 128 cm³/mol. The van der Waals surface area contributed by atoms with Crippen LogP contribution < -0.4 is 9.62 Å². The van der Waals surface area contributed by atoms with Crippen molar-refractivity contribution in [2.45, 2.75) is 24.8 Å². The number of urea groups is 1. The van der Waals surface area contributed by atoms with Crippen molar-refractivity contribution in [3.8, 4) is 0 Å². The van der Waals surface area contributed by atoms with Gasteiger partial charge >= 0.3 is 6.03 Å². The fourth-order valence-corrected chi connectivity index (χ4v) is 5.19. The molecule has 1 fully saturated rings. The van der Waals surface area contributed by atoms with Crippen LogP contribution in [0.5, 0.6) is 0 Å². The van der Waals surface area contributed by atoms with Crippen LogP contribution in [0.2, 0.25) is 5.02 Å². The summed E-state index contributed by atoms with van der Waals surface area (Å²) in [5.74, 6) is -1.19. The van der Waals surface area contributed by atoms with Crippen LogP contribution in [0.25, 0.3) is 0 Å². The summed E-state index contributed by atoms with van der Waals surface area (Å²) < 4.78 is 56.3. The zero-order chi connectivity index (χ0) is 24.5. The molecule has 1 N–H and O–H groups in total. The largest absolute Gasteiger partial charge is 0.324 e. The van der Waals surface area contributed by atoms with Gasteiger partial charge in [-0.2, -0.15) is 0 Å². The van der Waals surface area contributed by atoms with Crippen molar-refractivity contribution in [2.75, 3.05) is 22.7 Å². The lowest BCUT2D eigenvalue weighted by molar-refractivity contribution is 0.191. The Morgan fingerprint density at radius 1 is 1.03 bits per heavy atom. The van der Waals surface area contributed by atoms with Crippen molar-refractivity contribution in [2.24, 2.45) is 0 Å². The molecule has 3 aromatic rings. The van der Waals surface area contributed by atoms with Crippen molar-refractivity contribution < 1.29 is 22.0 Å². The molecule has 1 saturated heterocycles. The molecule has 6 nitrogen and oxygen atoms in total. The standard InChI is InChI=1S/C24H22ClF2N3O3S/c1-16-6-9-23(22(12-16)28-34(32,33)20-5-2-4-18(25)14-20)30-11-3-10-29(24(30)31)15-17-13-19(26)7-8-21(17)27/h2,4-9,12-14,28H,3,10-11,15H2,1H3. The molecule has 1 aliphatic rings. The highest BCUT2D eigenvalue weighted by molar-refractivity contribution is 7.92. The predicted octanol–water partition coefficient (Wildman–Crippen LogP) is 5.56. The van der Waals surface area contributed by atoms with Gasteiger partial charge in [0.15, 0.2) is 0 Å². The molecule has 0 aromatic heterocycles. The fourth-order valence-electron chi connectivity index (χ4n) is 3.83. The van der Waals surface area contributed by atoms with Crippen molar-refractivity contribution in [1.29, 1.82) is 0 Å². The number of nitrogens with zero attached hydrogens (tertiary/aromatic N) is 2. The summed E-state index contributed by atoms with van der Waals surface area (Å²) in [5, 5.41) is 0.277. The third-order valence-electron chi connectivity index (χ3n) is 5.47. The number of carbonyl (C=O) groups is 1. The maximum atomic E-state index is 14.2. The van der Waals surface area contributed by atoms with E-state index >= 15 is 0 Å². The minimum atomic E-state index is -3.98. The van der Waals surface area contributed by atoms with Gasteiger partial charge in [0, 0.05) is 23.7 Å². The van der Waals surface area contributed by atoms with Crippen LogP contribution in [0.4, 0.5) is 25.0 Å². The van der Waals surface area contributed by atoms with Crippen molar-refractivity contribution >= 4 is 39.0 Å². The zero-order valence-corrected chi connectivity index (χ0v) is 19.8. The van der Waals surface area contributed by atoms with E-state index in [0.29, 0.717) is 25.2 Å². The van der Waals surface area contributed by atoms with Gasteiger partial charge < -0.3 is 4.90 Å². The molecule has 1 aliphatic heterocycles. The lowest BCUT2D eigenvalue weighted by atomic mass is 10.1. The highest BCUT2D eigenvalue weighted by Gasteiger charge is 2.30. The number of sulfonamides is 1. The Labute approximate surface area is 201 Å². The van der Waals surface area contributed by atoms with Gasteiger partial charge in [-0.1, -0.05) is 23.7 Å². The molecule has 0 spiro atoms. The summed E-state index contributed by atoms with van der Waals surface area (Å²) >= 11 is 5.95. The second kappa shape index (κ2) is 9.60. The monoisotopic (exact) mass is 505 g/mol. The second-order valence-electron chi connectivity index (χ2n) is 8.03. The van der Waals surface area contributed by atoms with Crippen molar-refractivity contribution in [3.05, 3.63) is 88.4 Å². The molecule has 0 unspecified atom stereocenters. The Hall–Kier alpha value is -3.17. The molecule has 0 radical (unpaired) electrons. The molecule has 4 rings (SSSR count). The zero-order valence-electron chi connectivity index (χ0n) is 18.3. The first-order chi connectivity index (χ1) is 16.1. The van der Waals surface area contributed by atoms with E-state index in [-0.39, 0.29) is 27.7 Å². The fraction of sp³-hybridized carbons (Fsp3) is 0.208. The normalized spacial score (nSPS) is 14.4. The topological polar surface area (TPSA) is 69.7 Å². The third-order valence-corrected chi connectivity index (χ3v) is 7.07. The van der Waals surface area contributed by atoms with Crippen LogP contribution in [0.3, 0.4) is 0 Å². The van der Waals surface area contributed by atoms with Gasteiger partial charge in [-0.25, -0.2) is 22.0 Å². The van der Waals surface area contributed by atoms with E-state index in [2.05, 4.69) is 4.72 Å². The maximum absolute atomic E-state index is 14.2. The molecule has 0 atom stereocenters. The molecule has 1 heterocycles. The minimum Gasteiger partial charge on any atom is -0.320 e. The number of anilines is 2. The number of benzene rings is 3. The number of nitrogens with one attached hydrogen (secondary N) is 1. The van der Waals surface area contributed by atoms with Gasteiger partial charge in [0.25, 0.3) is 10.0 Å². The van der Waals surface area contributed by atoms with Gasteiger partial charge in [0.1, 0.15) is 11.6 Å².